The Balaban J connectivity index is 1.35. The molecule has 1 aliphatic rings. The smallest absolute Gasteiger partial charge is 0.192 e. The molecule has 0 saturated carbocycles. The van der Waals surface area contributed by atoms with Crippen LogP contribution >= 0.6 is 0 Å². The molecule has 158 valence electrons. The van der Waals surface area contributed by atoms with E-state index in [2.05, 4.69) is 47.1 Å². The number of piperidine rings is 1. The fourth-order valence-corrected chi connectivity index (χ4v) is 4.54. The fourth-order valence-electron chi connectivity index (χ4n) is 4.54. The first-order valence-corrected chi connectivity index (χ1v) is 11.2. The molecule has 4 heteroatoms. The minimum absolute atomic E-state index is 0.0533. The molecule has 0 bridgehead atoms. The van der Waals surface area contributed by atoms with Crippen LogP contribution in [0, 0.1) is 5.92 Å². The summed E-state index contributed by atoms with van der Waals surface area (Å²) in [6, 6.07) is 19.9. The standard InChI is InChI=1S/C26H32N2O2/c1-2-14-28(20-23-17-25(29)24-10-6-7-11-26(24)30-23)19-22-12-15-27(16-13-22)18-21-8-4-3-5-9-21/h3-11,17,22H,2,12-16,18-20H2,1H3. The summed E-state index contributed by atoms with van der Waals surface area (Å²) >= 11 is 0. The zero-order chi connectivity index (χ0) is 20.8. The number of rotatable bonds is 8. The van der Waals surface area contributed by atoms with Crippen LogP contribution in [0.15, 0.2) is 69.9 Å². The van der Waals surface area contributed by atoms with Gasteiger partial charge in [0.15, 0.2) is 5.43 Å². The average Bonchev–Trinajstić information content (AvgIpc) is 2.76. The molecule has 4 nitrogen and oxygen atoms in total. The molecular weight excluding hydrogens is 372 g/mol. The monoisotopic (exact) mass is 404 g/mol. The highest BCUT2D eigenvalue weighted by atomic mass is 16.3. The zero-order valence-electron chi connectivity index (χ0n) is 17.9. The van der Waals surface area contributed by atoms with Crippen molar-refractivity contribution in [3.8, 4) is 0 Å². The van der Waals surface area contributed by atoms with Crippen molar-refractivity contribution in [1.29, 1.82) is 0 Å². The Hall–Kier alpha value is -2.43. The highest BCUT2D eigenvalue weighted by Gasteiger charge is 2.22. The van der Waals surface area contributed by atoms with Gasteiger partial charge in [0.2, 0.25) is 0 Å². The Morgan fingerprint density at radius 1 is 1.03 bits per heavy atom. The molecule has 0 radical (unpaired) electrons. The first-order valence-electron chi connectivity index (χ1n) is 11.2. The van der Waals surface area contributed by atoms with Crippen molar-refractivity contribution in [2.24, 2.45) is 5.92 Å². The number of likely N-dealkylation sites (tertiary alicyclic amines) is 1. The van der Waals surface area contributed by atoms with Crippen LogP contribution in [-0.4, -0.2) is 36.0 Å². The average molecular weight is 405 g/mol. The lowest BCUT2D eigenvalue weighted by Gasteiger charge is -2.34. The Labute approximate surface area is 179 Å². The summed E-state index contributed by atoms with van der Waals surface area (Å²) in [5, 5.41) is 0.661. The Kier molecular flexibility index (Phi) is 6.98. The molecule has 0 unspecified atom stereocenters. The van der Waals surface area contributed by atoms with Gasteiger partial charge in [0.25, 0.3) is 0 Å². The van der Waals surface area contributed by atoms with Crippen LogP contribution in [0.25, 0.3) is 11.0 Å². The van der Waals surface area contributed by atoms with E-state index in [4.69, 9.17) is 4.42 Å². The quantitative estimate of drug-likeness (QED) is 0.534. The molecule has 0 spiro atoms. The highest BCUT2D eigenvalue weighted by molar-refractivity contribution is 5.76. The second-order valence-electron chi connectivity index (χ2n) is 8.51. The normalized spacial score (nSPS) is 15.8. The summed E-state index contributed by atoms with van der Waals surface area (Å²) in [6.07, 6.45) is 3.56. The van der Waals surface area contributed by atoms with Gasteiger partial charge in [-0.05, 0) is 62.5 Å². The summed E-state index contributed by atoms with van der Waals surface area (Å²) in [7, 11) is 0. The van der Waals surface area contributed by atoms with Gasteiger partial charge < -0.3 is 4.42 Å². The van der Waals surface area contributed by atoms with E-state index in [1.165, 1.54) is 18.4 Å². The van der Waals surface area contributed by atoms with Crippen LogP contribution in [0.4, 0.5) is 0 Å². The summed E-state index contributed by atoms with van der Waals surface area (Å²) < 4.78 is 6.04. The molecule has 1 aromatic heterocycles. The van der Waals surface area contributed by atoms with Gasteiger partial charge in [-0.1, -0.05) is 49.4 Å². The number of nitrogens with zero attached hydrogens (tertiary/aromatic N) is 2. The zero-order valence-corrected chi connectivity index (χ0v) is 17.9. The third-order valence-corrected chi connectivity index (χ3v) is 6.08. The van der Waals surface area contributed by atoms with Crippen LogP contribution in [0.2, 0.25) is 0 Å². The van der Waals surface area contributed by atoms with Gasteiger partial charge in [0, 0.05) is 19.2 Å². The van der Waals surface area contributed by atoms with E-state index in [1.54, 1.807) is 6.07 Å². The van der Waals surface area contributed by atoms with Crippen molar-refractivity contribution in [2.45, 2.75) is 39.3 Å². The number of benzene rings is 2. The Morgan fingerprint density at radius 2 is 1.77 bits per heavy atom. The molecule has 1 saturated heterocycles. The second-order valence-corrected chi connectivity index (χ2v) is 8.51. The molecule has 0 amide bonds. The van der Waals surface area contributed by atoms with E-state index in [1.807, 2.05) is 24.3 Å². The lowest BCUT2D eigenvalue weighted by Crippen LogP contribution is -2.38. The van der Waals surface area contributed by atoms with Gasteiger partial charge in [0.05, 0.1) is 11.9 Å². The first-order chi connectivity index (χ1) is 14.7. The minimum atomic E-state index is 0.0533. The summed E-state index contributed by atoms with van der Waals surface area (Å²) in [5.74, 6) is 1.48. The largest absolute Gasteiger partial charge is 0.459 e. The third-order valence-electron chi connectivity index (χ3n) is 6.08. The van der Waals surface area contributed by atoms with Gasteiger partial charge in [-0.25, -0.2) is 0 Å². The van der Waals surface area contributed by atoms with Crippen molar-refractivity contribution in [3.05, 3.63) is 82.2 Å². The predicted molar refractivity (Wildman–Crippen MR) is 122 cm³/mol. The molecule has 1 aliphatic heterocycles. The molecule has 0 N–H and O–H groups in total. The first kappa shape index (κ1) is 20.8. The van der Waals surface area contributed by atoms with E-state index in [9.17, 15) is 4.79 Å². The van der Waals surface area contributed by atoms with Gasteiger partial charge in [-0.3, -0.25) is 14.6 Å². The molecule has 30 heavy (non-hydrogen) atoms. The third kappa shape index (κ3) is 5.38. The second kappa shape index (κ2) is 10.1. The van der Waals surface area contributed by atoms with E-state index >= 15 is 0 Å². The van der Waals surface area contributed by atoms with E-state index in [0.29, 0.717) is 23.4 Å². The van der Waals surface area contributed by atoms with E-state index in [-0.39, 0.29) is 5.43 Å². The van der Waals surface area contributed by atoms with Gasteiger partial charge >= 0.3 is 0 Å². The minimum Gasteiger partial charge on any atom is -0.459 e. The van der Waals surface area contributed by atoms with Crippen LogP contribution in [-0.2, 0) is 13.1 Å². The van der Waals surface area contributed by atoms with Crippen LogP contribution in [0.1, 0.15) is 37.5 Å². The summed E-state index contributed by atoms with van der Waals surface area (Å²) in [4.78, 5) is 17.5. The molecule has 4 rings (SSSR count). The molecule has 1 fully saturated rings. The maximum atomic E-state index is 12.4. The Morgan fingerprint density at radius 3 is 2.53 bits per heavy atom. The molecule has 0 atom stereocenters. The van der Waals surface area contributed by atoms with Crippen LogP contribution in [0.5, 0.6) is 0 Å². The van der Waals surface area contributed by atoms with Gasteiger partial charge in [-0.2, -0.15) is 0 Å². The highest BCUT2D eigenvalue weighted by Crippen LogP contribution is 2.22. The van der Waals surface area contributed by atoms with E-state index < -0.39 is 0 Å². The number of para-hydroxylation sites is 1. The van der Waals surface area contributed by atoms with Crippen molar-refractivity contribution in [3.63, 3.8) is 0 Å². The lowest BCUT2D eigenvalue weighted by molar-refractivity contribution is 0.131. The summed E-state index contributed by atoms with van der Waals surface area (Å²) in [6.45, 7) is 8.39. The molecule has 0 aliphatic carbocycles. The predicted octanol–water partition coefficient (Wildman–Crippen LogP) is 4.92. The van der Waals surface area contributed by atoms with Crippen molar-refractivity contribution < 1.29 is 4.42 Å². The molecule has 2 heterocycles. The Bertz CT molecular complexity index is 991. The van der Waals surface area contributed by atoms with Crippen molar-refractivity contribution in [2.75, 3.05) is 26.2 Å². The topological polar surface area (TPSA) is 36.7 Å². The molecule has 3 aromatic rings. The van der Waals surface area contributed by atoms with Gasteiger partial charge in [-0.15, -0.1) is 0 Å². The van der Waals surface area contributed by atoms with Crippen LogP contribution < -0.4 is 5.43 Å². The number of fused-ring (bicyclic) bond motifs is 1. The number of hydrogen-bond acceptors (Lipinski definition) is 4. The van der Waals surface area contributed by atoms with Crippen molar-refractivity contribution >= 4 is 11.0 Å². The maximum Gasteiger partial charge on any atom is 0.192 e. The molecular formula is C26H32N2O2. The van der Waals surface area contributed by atoms with Crippen LogP contribution in [0.3, 0.4) is 0 Å². The molecule has 2 aromatic carbocycles. The van der Waals surface area contributed by atoms with Gasteiger partial charge in [0.1, 0.15) is 11.3 Å². The fraction of sp³-hybridized carbons (Fsp3) is 0.423. The summed E-state index contributed by atoms with van der Waals surface area (Å²) in [5.41, 5.74) is 2.14. The lowest BCUT2D eigenvalue weighted by atomic mass is 9.95. The SMILES string of the molecule is CCCN(Cc1cc(=O)c2ccccc2o1)CC1CCN(Cc2ccccc2)CC1. The van der Waals surface area contributed by atoms with Crippen molar-refractivity contribution in [1.82, 2.24) is 9.80 Å². The maximum absolute atomic E-state index is 12.4. The van der Waals surface area contributed by atoms with E-state index in [0.717, 1.165) is 44.9 Å². The number of hydrogen-bond donors (Lipinski definition) is 0.